The van der Waals surface area contributed by atoms with Gasteiger partial charge in [0.1, 0.15) is 11.9 Å². The van der Waals surface area contributed by atoms with Crippen LogP contribution in [0.4, 0.5) is 5.82 Å². The molecule has 1 saturated heterocycles. The minimum Gasteiger partial charge on any atom is -0.355 e. The summed E-state index contributed by atoms with van der Waals surface area (Å²) in [6.45, 7) is 8.47. The van der Waals surface area contributed by atoms with Crippen molar-refractivity contribution >= 4 is 22.5 Å². The molecule has 0 aliphatic carbocycles. The van der Waals surface area contributed by atoms with Crippen molar-refractivity contribution in [2.45, 2.75) is 39.5 Å². The van der Waals surface area contributed by atoms with Crippen molar-refractivity contribution < 1.29 is 0 Å². The number of piperazine rings is 1. The highest BCUT2D eigenvalue weighted by Gasteiger charge is 2.25. The van der Waals surface area contributed by atoms with Crippen molar-refractivity contribution in [1.82, 2.24) is 14.3 Å². The second-order valence-electron chi connectivity index (χ2n) is 7.92. The van der Waals surface area contributed by atoms with E-state index in [1.165, 1.54) is 24.2 Å². The second-order valence-corrected chi connectivity index (χ2v) is 7.92. The summed E-state index contributed by atoms with van der Waals surface area (Å²) in [5, 5.41) is 9.95. The Labute approximate surface area is 167 Å². The fourth-order valence-electron chi connectivity index (χ4n) is 4.36. The van der Waals surface area contributed by atoms with Crippen LogP contribution in [0, 0.1) is 18.3 Å². The summed E-state index contributed by atoms with van der Waals surface area (Å²) < 4.78 is 2.26. The average Bonchev–Trinajstić information content (AvgIpc) is 3.08. The number of pyridine rings is 1. The van der Waals surface area contributed by atoms with Crippen LogP contribution in [0.5, 0.6) is 0 Å². The number of benzene rings is 1. The van der Waals surface area contributed by atoms with Gasteiger partial charge in [0.05, 0.1) is 16.6 Å². The van der Waals surface area contributed by atoms with Gasteiger partial charge in [-0.15, -0.1) is 0 Å². The molecule has 3 heterocycles. The van der Waals surface area contributed by atoms with Gasteiger partial charge in [-0.05, 0) is 50.1 Å². The molecule has 0 amide bonds. The molecule has 0 spiro atoms. The maximum absolute atomic E-state index is 9.95. The monoisotopic (exact) mass is 375 g/mol. The van der Waals surface area contributed by atoms with Crippen LogP contribution < -0.4 is 4.90 Å². The van der Waals surface area contributed by atoms with Crippen molar-refractivity contribution in [2.24, 2.45) is 0 Å². The molecule has 5 nitrogen and oxygen atoms in total. The largest absolute Gasteiger partial charge is 0.355 e. The highest BCUT2D eigenvalue weighted by molar-refractivity contribution is 5.86. The van der Waals surface area contributed by atoms with Crippen LogP contribution >= 0.6 is 0 Å². The normalized spacial score (nSPS) is 15.4. The molecular weight excluding hydrogens is 346 g/mol. The summed E-state index contributed by atoms with van der Waals surface area (Å²) in [5.74, 6) is 1.25. The van der Waals surface area contributed by atoms with E-state index >= 15 is 0 Å². The van der Waals surface area contributed by atoms with E-state index in [0.717, 1.165) is 66.8 Å². The molecule has 4 rings (SSSR count). The van der Waals surface area contributed by atoms with Crippen LogP contribution in [0.1, 0.15) is 42.9 Å². The molecule has 5 heteroatoms. The van der Waals surface area contributed by atoms with Gasteiger partial charge in [-0.2, -0.15) is 5.26 Å². The van der Waals surface area contributed by atoms with Crippen LogP contribution in [0.3, 0.4) is 0 Å². The fraction of sp³-hybridized carbons (Fsp3) is 0.478. The Morgan fingerprint density at radius 1 is 1.11 bits per heavy atom. The predicted octanol–water partition coefficient (Wildman–Crippen LogP) is 4.15. The average molecular weight is 376 g/mol. The van der Waals surface area contributed by atoms with Crippen LogP contribution in [0.15, 0.2) is 24.3 Å². The number of imidazole rings is 1. The number of aromatic nitrogens is 2. The predicted molar refractivity (Wildman–Crippen MR) is 115 cm³/mol. The first-order chi connectivity index (χ1) is 13.7. The number of anilines is 1. The first-order valence-corrected chi connectivity index (χ1v) is 10.4. The third kappa shape index (κ3) is 3.12. The van der Waals surface area contributed by atoms with E-state index < -0.39 is 0 Å². The zero-order valence-electron chi connectivity index (χ0n) is 17.2. The molecule has 0 atom stereocenters. The van der Waals surface area contributed by atoms with Crippen LogP contribution in [-0.2, 0) is 6.42 Å². The third-order valence-electron chi connectivity index (χ3n) is 6.04. The molecule has 2 aromatic heterocycles. The standard InChI is InChI=1S/C23H29N5/c1-4-5-6-9-18-17(2)19(16-24)22-25-20-10-7-8-11-21(20)28(22)23(18)27-14-12-26(3)13-15-27/h7-8,10-11H,4-6,9,12-15H2,1-3H3. The molecule has 0 bridgehead atoms. The van der Waals surface area contributed by atoms with E-state index in [2.05, 4.69) is 53.3 Å². The highest BCUT2D eigenvalue weighted by atomic mass is 15.3. The van der Waals surface area contributed by atoms with E-state index in [9.17, 15) is 5.26 Å². The Kier molecular flexibility index (Phi) is 5.23. The van der Waals surface area contributed by atoms with Gasteiger partial charge in [-0.1, -0.05) is 31.9 Å². The second kappa shape index (κ2) is 7.81. The Bertz CT molecular complexity index is 1030. The maximum Gasteiger partial charge on any atom is 0.157 e. The lowest BCUT2D eigenvalue weighted by molar-refractivity contribution is 0.311. The number of unbranched alkanes of at least 4 members (excludes halogenated alkanes) is 2. The Hall–Kier alpha value is -2.58. The van der Waals surface area contributed by atoms with Crippen LogP contribution in [0.2, 0.25) is 0 Å². The Balaban J connectivity index is 2.00. The quantitative estimate of drug-likeness (QED) is 0.629. The molecular formula is C23H29N5. The zero-order valence-corrected chi connectivity index (χ0v) is 17.2. The Morgan fingerprint density at radius 3 is 2.57 bits per heavy atom. The summed E-state index contributed by atoms with van der Waals surface area (Å²) in [6, 6.07) is 10.7. The molecule has 3 aromatic rings. The number of hydrogen-bond acceptors (Lipinski definition) is 4. The molecule has 0 unspecified atom stereocenters. The first-order valence-electron chi connectivity index (χ1n) is 10.4. The minimum atomic E-state index is 0.723. The van der Waals surface area contributed by atoms with Gasteiger partial charge in [-0.25, -0.2) is 4.98 Å². The molecule has 0 N–H and O–H groups in total. The van der Waals surface area contributed by atoms with E-state index in [1.54, 1.807) is 0 Å². The van der Waals surface area contributed by atoms with Crippen LogP contribution in [0.25, 0.3) is 16.7 Å². The molecule has 146 valence electrons. The number of hydrogen-bond donors (Lipinski definition) is 0. The fourth-order valence-corrected chi connectivity index (χ4v) is 4.36. The summed E-state index contributed by atoms with van der Waals surface area (Å²) >= 11 is 0. The number of rotatable bonds is 5. The van der Waals surface area contributed by atoms with Crippen molar-refractivity contribution in [1.29, 1.82) is 5.26 Å². The summed E-state index contributed by atoms with van der Waals surface area (Å²) in [5.41, 5.74) is 6.01. The molecule has 1 aromatic carbocycles. The summed E-state index contributed by atoms with van der Waals surface area (Å²) in [4.78, 5) is 9.75. The van der Waals surface area contributed by atoms with E-state index in [-0.39, 0.29) is 0 Å². The number of fused-ring (bicyclic) bond motifs is 3. The number of nitriles is 1. The van der Waals surface area contributed by atoms with Crippen molar-refractivity contribution in [3.8, 4) is 6.07 Å². The molecule has 1 aliphatic heterocycles. The molecule has 28 heavy (non-hydrogen) atoms. The minimum absolute atomic E-state index is 0.723. The summed E-state index contributed by atoms with van der Waals surface area (Å²) in [7, 11) is 2.19. The lowest BCUT2D eigenvalue weighted by Crippen LogP contribution is -2.45. The van der Waals surface area contributed by atoms with Gasteiger partial charge in [0.25, 0.3) is 0 Å². The number of para-hydroxylation sites is 2. The lowest BCUT2D eigenvalue weighted by Gasteiger charge is -2.36. The van der Waals surface area contributed by atoms with Crippen molar-refractivity contribution in [3.63, 3.8) is 0 Å². The number of likely N-dealkylation sites (N-methyl/N-ethyl adjacent to an activating group) is 1. The molecule has 0 saturated carbocycles. The van der Waals surface area contributed by atoms with Gasteiger partial charge in [-0.3, -0.25) is 4.40 Å². The van der Waals surface area contributed by atoms with Gasteiger partial charge in [0, 0.05) is 26.2 Å². The lowest BCUT2D eigenvalue weighted by atomic mass is 9.98. The Morgan fingerprint density at radius 2 is 1.86 bits per heavy atom. The van der Waals surface area contributed by atoms with Crippen molar-refractivity contribution in [2.75, 3.05) is 38.1 Å². The van der Waals surface area contributed by atoms with E-state index in [0.29, 0.717) is 0 Å². The third-order valence-corrected chi connectivity index (χ3v) is 6.04. The topological polar surface area (TPSA) is 47.6 Å². The highest BCUT2D eigenvalue weighted by Crippen LogP contribution is 2.34. The molecule has 1 fully saturated rings. The zero-order chi connectivity index (χ0) is 19.7. The molecule has 1 aliphatic rings. The van der Waals surface area contributed by atoms with Gasteiger partial charge >= 0.3 is 0 Å². The van der Waals surface area contributed by atoms with Gasteiger partial charge < -0.3 is 9.80 Å². The van der Waals surface area contributed by atoms with Gasteiger partial charge in [0.15, 0.2) is 5.65 Å². The van der Waals surface area contributed by atoms with Crippen LogP contribution in [-0.4, -0.2) is 47.5 Å². The van der Waals surface area contributed by atoms with Crippen molar-refractivity contribution in [3.05, 3.63) is 41.0 Å². The first kappa shape index (κ1) is 18.8. The smallest absolute Gasteiger partial charge is 0.157 e. The SMILES string of the molecule is CCCCCc1c(C)c(C#N)c2nc3ccccc3n2c1N1CCN(C)CC1. The molecule has 0 radical (unpaired) electrons. The van der Waals surface area contributed by atoms with E-state index in [4.69, 9.17) is 4.98 Å². The van der Waals surface area contributed by atoms with E-state index in [1.807, 2.05) is 12.1 Å². The van der Waals surface area contributed by atoms with Gasteiger partial charge in [0.2, 0.25) is 0 Å². The number of nitrogens with zero attached hydrogens (tertiary/aromatic N) is 5. The maximum atomic E-state index is 9.95. The summed E-state index contributed by atoms with van der Waals surface area (Å²) in [6.07, 6.45) is 4.58.